The van der Waals surface area contributed by atoms with E-state index in [2.05, 4.69) is 22.3 Å². The van der Waals surface area contributed by atoms with Gasteiger partial charge in [0.2, 0.25) is 0 Å². The molecule has 1 aromatic carbocycles. The topological polar surface area (TPSA) is 52.6 Å². The molecule has 2 aliphatic heterocycles. The zero-order valence-corrected chi connectivity index (χ0v) is 14.2. The molecule has 0 bridgehead atoms. The maximum absolute atomic E-state index is 11.6. The molecule has 2 aliphatic rings. The summed E-state index contributed by atoms with van der Waals surface area (Å²) in [6, 6.07) is 10.3. The van der Waals surface area contributed by atoms with Crippen molar-refractivity contribution in [3.63, 3.8) is 0 Å². The van der Waals surface area contributed by atoms with Gasteiger partial charge < -0.3 is 10.4 Å². The number of benzene rings is 1. The highest BCUT2D eigenvalue weighted by Gasteiger charge is 2.50. The van der Waals surface area contributed by atoms with Gasteiger partial charge in [0.05, 0.1) is 5.92 Å². The Morgan fingerprint density at radius 3 is 2.45 bits per heavy atom. The predicted molar refractivity (Wildman–Crippen MR) is 91.9 cm³/mol. The van der Waals surface area contributed by atoms with E-state index < -0.39 is 5.97 Å². The quantitative estimate of drug-likeness (QED) is 0.882. The zero-order valence-electron chi connectivity index (χ0n) is 12.5. The van der Waals surface area contributed by atoms with Crippen LogP contribution in [0.5, 0.6) is 0 Å². The molecular weight excluding hydrogens is 323 g/mol. The molecule has 1 spiro atoms. The highest BCUT2D eigenvalue weighted by molar-refractivity contribution is 5.85. The predicted octanol–water partition coefficient (Wildman–Crippen LogP) is 2.42. The molecule has 0 aromatic heterocycles. The summed E-state index contributed by atoms with van der Waals surface area (Å²) >= 11 is 0. The van der Waals surface area contributed by atoms with E-state index in [9.17, 15) is 9.90 Å². The van der Waals surface area contributed by atoms with Crippen LogP contribution in [-0.2, 0) is 11.3 Å². The summed E-state index contributed by atoms with van der Waals surface area (Å²) < 4.78 is 0. The largest absolute Gasteiger partial charge is 0.481 e. The number of aliphatic carboxylic acids is 1. The Morgan fingerprint density at radius 1 is 1.23 bits per heavy atom. The lowest BCUT2D eigenvalue weighted by Gasteiger charge is -2.36. The van der Waals surface area contributed by atoms with Crippen molar-refractivity contribution in [3.05, 3.63) is 35.9 Å². The number of hydrogen-bond donors (Lipinski definition) is 2. The van der Waals surface area contributed by atoms with Gasteiger partial charge in [-0.3, -0.25) is 9.69 Å². The van der Waals surface area contributed by atoms with Crippen molar-refractivity contribution in [1.82, 2.24) is 10.2 Å². The third kappa shape index (κ3) is 3.93. The van der Waals surface area contributed by atoms with Crippen molar-refractivity contribution in [2.24, 2.45) is 11.3 Å². The number of rotatable bonds is 3. The van der Waals surface area contributed by atoms with E-state index in [4.69, 9.17) is 0 Å². The molecule has 3 rings (SSSR count). The van der Waals surface area contributed by atoms with Gasteiger partial charge in [0.15, 0.2) is 0 Å². The van der Waals surface area contributed by atoms with Crippen LogP contribution in [0.2, 0.25) is 0 Å². The smallest absolute Gasteiger partial charge is 0.308 e. The van der Waals surface area contributed by atoms with Gasteiger partial charge in [-0.05, 0) is 36.9 Å². The number of nitrogens with one attached hydrogen (secondary N) is 1. The number of carbonyl (C=O) groups is 1. The molecule has 0 amide bonds. The minimum Gasteiger partial charge on any atom is -0.481 e. The molecule has 22 heavy (non-hydrogen) atoms. The van der Waals surface area contributed by atoms with Gasteiger partial charge in [0.25, 0.3) is 0 Å². The highest BCUT2D eigenvalue weighted by atomic mass is 35.5. The van der Waals surface area contributed by atoms with E-state index in [1.54, 1.807) is 0 Å². The highest BCUT2D eigenvalue weighted by Crippen LogP contribution is 2.43. The summed E-state index contributed by atoms with van der Waals surface area (Å²) in [7, 11) is 0. The standard InChI is InChI=1S/C16H22N2O2.2ClH/c19-15(20)14-11-18(10-13-4-2-1-3-5-13)12-16(14)6-8-17-9-7-16;;/h1-5,14,17H,6-12H2,(H,19,20);2*1H. The van der Waals surface area contributed by atoms with E-state index in [1.807, 2.05) is 18.2 Å². The second-order valence-electron chi connectivity index (χ2n) is 6.16. The molecule has 6 heteroatoms. The molecule has 0 saturated carbocycles. The number of piperidine rings is 1. The Bertz CT molecular complexity index is 478. The molecule has 4 nitrogen and oxygen atoms in total. The Hall–Kier alpha value is -0.810. The first kappa shape index (κ1) is 19.2. The number of halogens is 2. The summed E-state index contributed by atoms with van der Waals surface area (Å²) in [5.74, 6) is -0.837. The first-order chi connectivity index (χ1) is 9.70. The van der Waals surface area contributed by atoms with Crippen molar-refractivity contribution in [3.8, 4) is 0 Å². The third-order valence-corrected chi connectivity index (χ3v) is 4.86. The van der Waals surface area contributed by atoms with Crippen molar-refractivity contribution < 1.29 is 9.90 Å². The third-order valence-electron chi connectivity index (χ3n) is 4.86. The number of likely N-dealkylation sites (tertiary alicyclic amines) is 1. The monoisotopic (exact) mass is 346 g/mol. The van der Waals surface area contributed by atoms with Crippen LogP contribution < -0.4 is 5.32 Å². The first-order valence-corrected chi connectivity index (χ1v) is 7.39. The number of hydrogen-bond acceptors (Lipinski definition) is 3. The van der Waals surface area contributed by atoms with Gasteiger partial charge in [-0.25, -0.2) is 0 Å². The molecule has 1 atom stereocenters. The normalized spacial score (nSPS) is 23.5. The molecule has 0 radical (unpaired) electrons. The molecule has 2 fully saturated rings. The van der Waals surface area contributed by atoms with Gasteiger partial charge >= 0.3 is 5.97 Å². The van der Waals surface area contributed by atoms with E-state index in [1.165, 1.54) is 5.56 Å². The van der Waals surface area contributed by atoms with Gasteiger partial charge in [-0.15, -0.1) is 24.8 Å². The fraction of sp³-hybridized carbons (Fsp3) is 0.562. The number of carboxylic acids is 1. The van der Waals surface area contributed by atoms with Gasteiger partial charge in [0.1, 0.15) is 0 Å². The van der Waals surface area contributed by atoms with Crippen LogP contribution in [0, 0.1) is 11.3 Å². The van der Waals surface area contributed by atoms with Crippen LogP contribution in [0.1, 0.15) is 18.4 Å². The minimum atomic E-state index is -0.623. The summed E-state index contributed by atoms with van der Waals surface area (Å²) in [4.78, 5) is 13.9. The lowest BCUT2D eigenvalue weighted by Crippen LogP contribution is -2.44. The molecule has 1 aromatic rings. The van der Waals surface area contributed by atoms with Crippen LogP contribution in [0.4, 0.5) is 0 Å². The van der Waals surface area contributed by atoms with Gasteiger partial charge in [0, 0.05) is 19.6 Å². The zero-order chi connectivity index (χ0) is 14.0. The van der Waals surface area contributed by atoms with E-state index in [0.29, 0.717) is 6.54 Å². The van der Waals surface area contributed by atoms with Crippen LogP contribution in [0.15, 0.2) is 30.3 Å². The SMILES string of the molecule is Cl.Cl.O=C(O)C1CN(Cc2ccccc2)CC12CCNCC2. The van der Waals surface area contributed by atoms with Crippen LogP contribution >= 0.6 is 24.8 Å². The molecule has 1 unspecified atom stereocenters. The molecular formula is C16H24Cl2N2O2. The van der Waals surface area contributed by atoms with Gasteiger partial charge in [-0.1, -0.05) is 30.3 Å². The molecule has 2 saturated heterocycles. The van der Waals surface area contributed by atoms with Gasteiger partial charge in [-0.2, -0.15) is 0 Å². The number of carboxylic acid groups (broad SMARTS) is 1. The lowest BCUT2D eigenvalue weighted by molar-refractivity contribution is -0.145. The average molecular weight is 347 g/mol. The van der Waals surface area contributed by atoms with Crippen LogP contribution in [0.25, 0.3) is 0 Å². The summed E-state index contributed by atoms with van der Waals surface area (Å²) in [6.07, 6.45) is 1.96. The van der Waals surface area contributed by atoms with E-state index in [-0.39, 0.29) is 36.1 Å². The Balaban J connectivity index is 0.00000121. The Kier molecular flexibility index (Phi) is 7.13. The average Bonchev–Trinajstić information content (AvgIpc) is 2.79. The van der Waals surface area contributed by atoms with E-state index >= 15 is 0 Å². The molecule has 2 N–H and O–H groups in total. The van der Waals surface area contributed by atoms with Crippen molar-refractivity contribution in [1.29, 1.82) is 0 Å². The number of nitrogens with zero attached hydrogens (tertiary/aromatic N) is 1. The first-order valence-electron chi connectivity index (χ1n) is 7.39. The summed E-state index contributed by atoms with van der Waals surface area (Å²) in [5, 5.41) is 12.9. The van der Waals surface area contributed by atoms with Crippen molar-refractivity contribution >= 4 is 30.8 Å². The summed E-state index contributed by atoms with van der Waals surface area (Å²) in [5.41, 5.74) is 1.24. The van der Waals surface area contributed by atoms with Crippen LogP contribution in [0.3, 0.4) is 0 Å². The molecule has 124 valence electrons. The Morgan fingerprint density at radius 2 is 1.86 bits per heavy atom. The molecule has 2 heterocycles. The molecule has 0 aliphatic carbocycles. The second kappa shape index (κ2) is 8.16. The lowest BCUT2D eigenvalue weighted by atomic mass is 9.71. The minimum absolute atomic E-state index is 0. The fourth-order valence-corrected chi connectivity index (χ4v) is 3.81. The van der Waals surface area contributed by atoms with Crippen molar-refractivity contribution in [2.45, 2.75) is 19.4 Å². The summed E-state index contributed by atoms with van der Waals surface area (Å²) in [6.45, 7) is 4.36. The maximum Gasteiger partial charge on any atom is 0.308 e. The Labute approximate surface area is 144 Å². The second-order valence-corrected chi connectivity index (χ2v) is 6.16. The fourth-order valence-electron chi connectivity index (χ4n) is 3.81. The van der Waals surface area contributed by atoms with Crippen molar-refractivity contribution in [2.75, 3.05) is 26.2 Å². The van der Waals surface area contributed by atoms with E-state index in [0.717, 1.165) is 39.0 Å². The van der Waals surface area contributed by atoms with Crippen LogP contribution in [-0.4, -0.2) is 42.2 Å². The maximum atomic E-state index is 11.6.